The number of hydrogen-bond donors (Lipinski definition) is 1. The Bertz CT molecular complexity index is 1060. The monoisotopic (exact) mass is 464 g/mol. The van der Waals surface area contributed by atoms with E-state index in [0.29, 0.717) is 22.5 Å². The Labute approximate surface area is 198 Å². The summed E-state index contributed by atoms with van der Waals surface area (Å²) in [7, 11) is 0. The van der Waals surface area contributed by atoms with Gasteiger partial charge in [0.2, 0.25) is 6.10 Å². The molecule has 0 fully saturated rings. The molecule has 1 N–H and O–H groups in total. The molecule has 1 aromatic heterocycles. The zero-order valence-electron chi connectivity index (χ0n) is 19.6. The standard InChI is InChI=1S/C26H28N2O6/c1-17(2)33-25(31)32-16-26(20-11-7-5-8-12-20,21-13-9-6-10-14-21)22(23(29)30)34-24-27-18(3)15-19(4)28-24/h5-15,17,22H,16H2,1-4H3,(H,29,30). The van der Waals surface area contributed by atoms with E-state index >= 15 is 0 Å². The molecule has 2 aromatic carbocycles. The van der Waals surface area contributed by atoms with E-state index in [0.717, 1.165) is 0 Å². The number of hydrogen-bond acceptors (Lipinski definition) is 7. The summed E-state index contributed by atoms with van der Waals surface area (Å²) in [6.07, 6.45) is -2.84. The highest BCUT2D eigenvalue weighted by Gasteiger charge is 2.50. The number of ether oxygens (including phenoxy) is 3. The van der Waals surface area contributed by atoms with Gasteiger partial charge in [-0.2, -0.15) is 0 Å². The van der Waals surface area contributed by atoms with E-state index in [2.05, 4.69) is 9.97 Å². The number of carboxylic acids is 1. The van der Waals surface area contributed by atoms with Crippen LogP contribution in [0.15, 0.2) is 66.7 Å². The van der Waals surface area contributed by atoms with Crippen molar-refractivity contribution >= 4 is 12.1 Å². The predicted molar refractivity (Wildman–Crippen MR) is 125 cm³/mol. The highest BCUT2D eigenvalue weighted by Crippen LogP contribution is 2.38. The normalized spacial score (nSPS) is 12.1. The average molecular weight is 465 g/mol. The van der Waals surface area contributed by atoms with Crippen molar-refractivity contribution in [2.75, 3.05) is 6.61 Å². The third-order valence-electron chi connectivity index (χ3n) is 5.18. The summed E-state index contributed by atoms with van der Waals surface area (Å²) in [5.74, 6) is -1.27. The Balaban J connectivity index is 2.19. The number of rotatable bonds is 9. The number of aliphatic carboxylic acids is 1. The number of carboxylic acid groups (broad SMARTS) is 1. The van der Waals surface area contributed by atoms with Gasteiger partial charge in [0.15, 0.2) is 0 Å². The molecule has 0 amide bonds. The molecule has 8 nitrogen and oxygen atoms in total. The van der Waals surface area contributed by atoms with E-state index < -0.39 is 29.7 Å². The van der Waals surface area contributed by atoms with Gasteiger partial charge in [0, 0.05) is 11.4 Å². The molecule has 0 radical (unpaired) electrons. The van der Waals surface area contributed by atoms with Crippen LogP contribution in [0.4, 0.5) is 4.79 Å². The van der Waals surface area contributed by atoms with Crippen molar-refractivity contribution in [3.63, 3.8) is 0 Å². The van der Waals surface area contributed by atoms with Gasteiger partial charge in [0.1, 0.15) is 12.0 Å². The van der Waals surface area contributed by atoms with Crippen LogP contribution in [0.1, 0.15) is 36.4 Å². The van der Waals surface area contributed by atoms with Gasteiger partial charge in [-0.25, -0.2) is 19.6 Å². The first-order valence-corrected chi connectivity index (χ1v) is 10.9. The molecule has 0 spiro atoms. The minimum absolute atomic E-state index is 0.0779. The van der Waals surface area contributed by atoms with Gasteiger partial charge in [0.05, 0.1) is 6.10 Å². The van der Waals surface area contributed by atoms with Crippen LogP contribution in [-0.2, 0) is 19.7 Å². The van der Waals surface area contributed by atoms with Crippen LogP contribution in [-0.4, -0.2) is 46.0 Å². The number of carbonyl (C=O) groups excluding carboxylic acids is 1. The van der Waals surface area contributed by atoms with Gasteiger partial charge in [0.25, 0.3) is 0 Å². The van der Waals surface area contributed by atoms with Crippen molar-refractivity contribution in [2.24, 2.45) is 0 Å². The zero-order valence-corrected chi connectivity index (χ0v) is 19.6. The predicted octanol–water partition coefficient (Wildman–Crippen LogP) is 4.47. The lowest BCUT2D eigenvalue weighted by Gasteiger charge is -2.38. The molecule has 0 saturated heterocycles. The van der Waals surface area contributed by atoms with Crippen molar-refractivity contribution in [3.8, 4) is 6.01 Å². The molecular formula is C26H28N2O6. The molecule has 178 valence electrons. The van der Waals surface area contributed by atoms with Gasteiger partial charge in [-0.3, -0.25) is 0 Å². The Hall–Kier alpha value is -3.94. The summed E-state index contributed by atoms with van der Waals surface area (Å²) >= 11 is 0. The third kappa shape index (κ3) is 5.70. The summed E-state index contributed by atoms with van der Waals surface area (Å²) in [4.78, 5) is 33.6. The quantitative estimate of drug-likeness (QED) is 0.462. The molecule has 1 heterocycles. The maximum absolute atomic E-state index is 12.7. The Morgan fingerprint density at radius 2 is 1.41 bits per heavy atom. The maximum atomic E-state index is 12.7. The lowest BCUT2D eigenvalue weighted by atomic mass is 9.70. The number of aromatic nitrogens is 2. The first kappa shape index (κ1) is 24.7. The zero-order chi connectivity index (χ0) is 24.7. The van der Waals surface area contributed by atoms with Crippen LogP contribution in [0.25, 0.3) is 0 Å². The van der Waals surface area contributed by atoms with Crippen LogP contribution in [0.3, 0.4) is 0 Å². The van der Waals surface area contributed by atoms with E-state index in [1.807, 2.05) is 12.1 Å². The summed E-state index contributed by atoms with van der Waals surface area (Å²) in [5.41, 5.74) is 0.984. The van der Waals surface area contributed by atoms with Crippen LogP contribution in [0.2, 0.25) is 0 Å². The molecule has 1 unspecified atom stereocenters. The fourth-order valence-corrected chi connectivity index (χ4v) is 3.80. The molecule has 34 heavy (non-hydrogen) atoms. The van der Waals surface area contributed by atoms with Crippen LogP contribution >= 0.6 is 0 Å². The second-order valence-corrected chi connectivity index (χ2v) is 8.18. The molecule has 0 saturated carbocycles. The summed E-state index contributed by atoms with van der Waals surface area (Å²) in [6.45, 7) is 6.58. The largest absolute Gasteiger partial charge is 0.508 e. The van der Waals surface area contributed by atoms with E-state index in [4.69, 9.17) is 14.2 Å². The maximum Gasteiger partial charge on any atom is 0.508 e. The van der Waals surface area contributed by atoms with Crippen molar-refractivity contribution in [2.45, 2.75) is 45.3 Å². The lowest BCUT2D eigenvalue weighted by Crippen LogP contribution is -2.52. The molecule has 0 aliphatic carbocycles. The number of aryl methyl sites for hydroxylation is 2. The number of benzene rings is 2. The second-order valence-electron chi connectivity index (χ2n) is 8.18. The van der Waals surface area contributed by atoms with Crippen molar-refractivity contribution in [1.82, 2.24) is 9.97 Å². The van der Waals surface area contributed by atoms with Crippen molar-refractivity contribution < 1.29 is 28.9 Å². The van der Waals surface area contributed by atoms with Crippen molar-refractivity contribution in [1.29, 1.82) is 0 Å². The molecule has 0 aliphatic heterocycles. The van der Waals surface area contributed by atoms with E-state index in [1.165, 1.54) is 0 Å². The summed E-state index contributed by atoms with van der Waals surface area (Å²) in [6, 6.07) is 19.5. The van der Waals surface area contributed by atoms with Crippen LogP contribution in [0, 0.1) is 13.8 Å². The van der Waals surface area contributed by atoms with E-state index in [9.17, 15) is 14.7 Å². The van der Waals surface area contributed by atoms with Crippen LogP contribution < -0.4 is 4.74 Å². The van der Waals surface area contributed by atoms with Gasteiger partial charge >= 0.3 is 18.1 Å². The molecule has 0 bridgehead atoms. The Morgan fingerprint density at radius 1 is 0.912 bits per heavy atom. The molecule has 3 rings (SSSR count). The first-order valence-electron chi connectivity index (χ1n) is 10.9. The molecular weight excluding hydrogens is 436 g/mol. The number of carbonyl (C=O) groups is 2. The van der Waals surface area contributed by atoms with Gasteiger partial charge in [-0.05, 0) is 44.9 Å². The lowest BCUT2D eigenvalue weighted by molar-refractivity contribution is -0.149. The summed E-state index contributed by atoms with van der Waals surface area (Å²) < 4.78 is 16.6. The molecule has 0 aliphatic rings. The molecule has 1 atom stereocenters. The Kier molecular flexibility index (Phi) is 7.83. The van der Waals surface area contributed by atoms with Gasteiger partial charge in [-0.15, -0.1) is 0 Å². The fourth-order valence-electron chi connectivity index (χ4n) is 3.80. The highest BCUT2D eigenvalue weighted by atomic mass is 16.7. The fraction of sp³-hybridized carbons (Fsp3) is 0.308. The minimum Gasteiger partial charge on any atom is -0.478 e. The third-order valence-corrected chi connectivity index (χ3v) is 5.18. The summed E-state index contributed by atoms with van der Waals surface area (Å²) in [5, 5.41) is 10.4. The number of nitrogens with zero attached hydrogens (tertiary/aromatic N) is 2. The van der Waals surface area contributed by atoms with Gasteiger partial charge < -0.3 is 19.3 Å². The smallest absolute Gasteiger partial charge is 0.478 e. The first-order chi connectivity index (χ1) is 16.2. The minimum atomic E-state index is -1.54. The second kappa shape index (κ2) is 10.8. The van der Waals surface area contributed by atoms with Crippen molar-refractivity contribution in [3.05, 3.63) is 89.2 Å². The molecule has 8 heteroatoms. The van der Waals surface area contributed by atoms with E-state index in [-0.39, 0.29) is 12.6 Å². The topological polar surface area (TPSA) is 108 Å². The molecule has 3 aromatic rings. The highest BCUT2D eigenvalue weighted by molar-refractivity contribution is 5.77. The van der Waals surface area contributed by atoms with E-state index in [1.54, 1.807) is 82.3 Å². The van der Waals surface area contributed by atoms with Gasteiger partial charge in [-0.1, -0.05) is 60.7 Å². The van der Waals surface area contributed by atoms with Crippen LogP contribution in [0.5, 0.6) is 6.01 Å². The Morgan fingerprint density at radius 3 is 1.85 bits per heavy atom. The average Bonchev–Trinajstić information content (AvgIpc) is 2.79. The SMILES string of the molecule is Cc1cc(C)nc(OC(C(=O)O)C(COC(=O)OC(C)C)(c2ccccc2)c2ccccc2)n1.